The molecule has 0 bridgehead atoms. The molecule has 0 amide bonds. The lowest BCUT2D eigenvalue weighted by atomic mass is 10.1. The third-order valence-corrected chi connectivity index (χ3v) is 5.27. The van der Waals surface area contributed by atoms with Crippen molar-refractivity contribution in [3.63, 3.8) is 0 Å². The molecular weight excluding hydrogens is 396 g/mol. The fourth-order valence-electron chi connectivity index (χ4n) is 3.46. The number of unbranched alkanes of at least 4 members (excludes halogenated alkanes) is 8. The minimum Gasteiger partial charge on any atom is -0.504 e. The van der Waals surface area contributed by atoms with Crippen LogP contribution in [0.15, 0.2) is 18.2 Å². The predicted octanol–water partition coefficient (Wildman–Crippen LogP) is 7.07. The topological polar surface area (TPSA) is 85.2 Å². The summed E-state index contributed by atoms with van der Waals surface area (Å²) in [7, 11) is 0. The number of aryl methyl sites for hydroxylation is 1. The number of aromatic hydroxyl groups is 1. The van der Waals surface area contributed by atoms with Gasteiger partial charge >= 0.3 is 6.16 Å². The van der Waals surface area contributed by atoms with Gasteiger partial charge in [-0.15, -0.1) is 0 Å². The van der Waals surface area contributed by atoms with Gasteiger partial charge in [-0.1, -0.05) is 77.3 Å². The molecule has 0 saturated carbocycles. The number of carboxylic acid groups (broad SMARTS) is 1. The molecule has 1 rings (SSSR count). The Morgan fingerprint density at radius 3 is 2.00 bits per heavy atom. The summed E-state index contributed by atoms with van der Waals surface area (Å²) >= 11 is 0. The number of hydrogen-bond donors (Lipinski definition) is 2. The van der Waals surface area contributed by atoms with E-state index in [0.29, 0.717) is 25.2 Å². The van der Waals surface area contributed by atoms with Crippen LogP contribution in [0.3, 0.4) is 0 Å². The second-order valence-electron chi connectivity index (χ2n) is 8.02. The molecule has 6 nitrogen and oxygen atoms in total. The predicted molar refractivity (Wildman–Crippen MR) is 123 cm³/mol. The van der Waals surface area contributed by atoms with Gasteiger partial charge in [0.15, 0.2) is 17.8 Å². The number of benzene rings is 1. The maximum absolute atomic E-state index is 10.7. The highest BCUT2D eigenvalue weighted by Gasteiger charge is 2.14. The number of hydrogen-bond acceptors (Lipinski definition) is 5. The molecule has 0 radical (unpaired) electrons. The molecule has 2 N–H and O–H groups in total. The van der Waals surface area contributed by atoms with Crippen LogP contribution in [0.4, 0.5) is 4.79 Å². The Balaban J connectivity index is 2.44. The number of ether oxygens (including phenoxy) is 3. The zero-order chi connectivity index (χ0) is 22.7. The summed E-state index contributed by atoms with van der Waals surface area (Å²) in [5.74, 6) is -0.150. The summed E-state index contributed by atoms with van der Waals surface area (Å²) in [6.07, 6.45) is 12.4. The molecule has 0 aliphatic carbocycles. The molecule has 0 fully saturated rings. The molecule has 0 spiro atoms. The van der Waals surface area contributed by atoms with E-state index >= 15 is 0 Å². The van der Waals surface area contributed by atoms with E-state index in [-0.39, 0.29) is 17.8 Å². The van der Waals surface area contributed by atoms with E-state index in [1.54, 1.807) is 12.1 Å². The number of para-hydroxylation sites is 1. The van der Waals surface area contributed by atoms with Crippen LogP contribution >= 0.6 is 0 Å². The first-order chi connectivity index (χ1) is 15.1. The molecule has 178 valence electrons. The van der Waals surface area contributed by atoms with Crippen LogP contribution in [-0.4, -0.2) is 35.9 Å². The van der Waals surface area contributed by atoms with E-state index in [4.69, 9.17) is 14.6 Å². The van der Waals surface area contributed by atoms with Gasteiger partial charge in [0, 0.05) is 13.2 Å². The van der Waals surface area contributed by atoms with Crippen LogP contribution in [0, 0.1) is 0 Å². The van der Waals surface area contributed by atoms with Crippen molar-refractivity contribution in [2.45, 2.75) is 104 Å². The summed E-state index contributed by atoms with van der Waals surface area (Å²) in [4.78, 5) is 10.7. The average Bonchev–Trinajstić information content (AvgIpc) is 2.74. The molecule has 0 unspecified atom stereocenters. The van der Waals surface area contributed by atoms with E-state index in [1.807, 2.05) is 0 Å². The standard InChI is InChI=1S/C25H42O6/c1-3-5-7-9-11-19-29-23(30-20-12-10-8-6-4-2)18-14-16-21-15-13-17-22(24(21)26)31-25(27)28/h13,15,17,23,26H,3-12,14,16,18-20H2,1-2H3,(H,27,28). The minimum absolute atomic E-state index is 0.0341. The SMILES string of the molecule is CCCCCCCOC(CCCc1cccc(OC(=O)O)c1O)OCCCCCCC. The highest BCUT2D eigenvalue weighted by Crippen LogP contribution is 2.31. The van der Waals surface area contributed by atoms with E-state index in [2.05, 4.69) is 18.6 Å². The lowest BCUT2D eigenvalue weighted by Crippen LogP contribution is -2.19. The van der Waals surface area contributed by atoms with Gasteiger partial charge in [0.25, 0.3) is 0 Å². The zero-order valence-corrected chi connectivity index (χ0v) is 19.4. The Morgan fingerprint density at radius 2 is 1.45 bits per heavy atom. The Morgan fingerprint density at radius 1 is 0.871 bits per heavy atom. The quantitative estimate of drug-likeness (QED) is 0.104. The van der Waals surface area contributed by atoms with Crippen molar-refractivity contribution >= 4 is 6.16 Å². The van der Waals surface area contributed by atoms with Crippen molar-refractivity contribution in [2.24, 2.45) is 0 Å². The van der Waals surface area contributed by atoms with Crippen LogP contribution in [0.2, 0.25) is 0 Å². The van der Waals surface area contributed by atoms with Crippen LogP contribution in [-0.2, 0) is 15.9 Å². The molecule has 0 atom stereocenters. The Labute approximate surface area is 187 Å². The fourth-order valence-corrected chi connectivity index (χ4v) is 3.46. The number of carbonyl (C=O) groups is 1. The van der Waals surface area contributed by atoms with Gasteiger partial charge in [-0.3, -0.25) is 0 Å². The van der Waals surface area contributed by atoms with Gasteiger partial charge in [0.05, 0.1) is 0 Å². The summed E-state index contributed by atoms with van der Waals surface area (Å²) < 4.78 is 16.6. The van der Waals surface area contributed by atoms with Crippen LogP contribution in [0.5, 0.6) is 11.5 Å². The van der Waals surface area contributed by atoms with E-state index in [1.165, 1.54) is 57.4 Å². The van der Waals surface area contributed by atoms with Crippen LogP contribution in [0.1, 0.15) is 96.5 Å². The van der Waals surface area contributed by atoms with E-state index in [9.17, 15) is 9.90 Å². The maximum atomic E-state index is 10.7. The largest absolute Gasteiger partial charge is 0.511 e. The molecule has 0 heterocycles. The summed E-state index contributed by atoms with van der Waals surface area (Å²) in [5, 5.41) is 19.0. The Hall–Kier alpha value is -1.79. The molecular formula is C25H42O6. The zero-order valence-electron chi connectivity index (χ0n) is 19.4. The van der Waals surface area contributed by atoms with E-state index < -0.39 is 6.16 Å². The molecule has 1 aromatic rings. The molecule has 0 aliphatic heterocycles. The molecule has 0 saturated heterocycles. The number of phenols is 1. The summed E-state index contributed by atoms with van der Waals surface area (Å²) in [6, 6.07) is 4.91. The van der Waals surface area contributed by atoms with Crippen molar-refractivity contribution < 1.29 is 29.2 Å². The van der Waals surface area contributed by atoms with Crippen molar-refractivity contribution in [2.75, 3.05) is 13.2 Å². The van der Waals surface area contributed by atoms with E-state index in [0.717, 1.165) is 25.7 Å². The molecule has 1 aromatic carbocycles. The minimum atomic E-state index is -1.44. The first-order valence-corrected chi connectivity index (χ1v) is 12.0. The van der Waals surface area contributed by atoms with Gasteiger partial charge in [0.2, 0.25) is 0 Å². The average molecular weight is 439 g/mol. The van der Waals surface area contributed by atoms with Crippen molar-refractivity contribution in [1.82, 2.24) is 0 Å². The molecule has 0 aliphatic rings. The first kappa shape index (κ1) is 27.2. The fraction of sp³-hybridized carbons (Fsp3) is 0.720. The number of rotatable bonds is 19. The summed E-state index contributed by atoms with van der Waals surface area (Å²) in [5.41, 5.74) is 0.664. The monoisotopic (exact) mass is 438 g/mol. The van der Waals surface area contributed by atoms with Crippen molar-refractivity contribution in [3.05, 3.63) is 23.8 Å². The third-order valence-electron chi connectivity index (χ3n) is 5.27. The normalized spacial score (nSPS) is 11.2. The highest BCUT2D eigenvalue weighted by atomic mass is 16.7. The number of phenolic OH excluding ortho intramolecular Hbond substituents is 1. The Kier molecular flexibility index (Phi) is 15.7. The second kappa shape index (κ2) is 17.8. The van der Waals surface area contributed by atoms with Crippen LogP contribution in [0.25, 0.3) is 0 Å². The lowest BCUT2D eigenvalue weighted by Gasteiger charge is -2.19. The van der Waals surface area contributed by atoms with Crippen molar-refractivity contribution in [1.29, 1.82) is 0 Å². The summed E-state index contributed by atoms with van der Waals surface area (Å²) in [6.45, 7) is 5.83. The van der Waals surface area contributed by atoms with Gasteiger partial charge in [-0.05, 0) is 43.7 Å². The second-order valence-corrected chi connectivity index (χ2v) is 8.02. The van der Waals surface area contributed by atoms with Crippen LogP contribution < -0.4 is 4.74 Å². The van der Waals surface area contributed by atoms with Crippen molar-refractivity contribution in [3.8, 4) is 11.5 Å². The van der Waals surface area contributed by atoms with Gasteiger partial charge < -0.3 is 24.4 Å². The lowest BCUT2D eigenvalue weighted by molar-refractivity contribution is -0.147. The molecule has 31 heavy (non-hydrogen) atoms. The van der Waals surface area contributed by atoms with Gasteiger partial charge in [-0.2, -0.15) is 0 Å². The maximum Gasteiger partial charge on any atom is 0.511 e. The third kappa shape index (κ3) is 13.3. The smallest absolute Gasteiger partial charge is 0.504 e. The highest BCUT2D eigenvalue weighted by molar-refractivity contribution is 5.63. The molecule has 6 heteroatoms. The van der Waals surface area contributed by atoms with Gasteiger partial charge in [0.1, 0.15) is 0 Å². The Bertz CT molecular complexity index is 573. The first-order valence-electron chi connectivity index (χ1n) is 12.0. The van der Waals surface area contributed by atoms with Gasteiger partial charge in [-0.25, -0.2) is 4.79 Å². The molecule has 0 aromatic heterocycles.